The molecule has 7 heteroatoms. The van der Waals surface area contributed by atoms with E-state index < -0.39 is 0 Å². The summed E-state index contributed by atoms with van der Waals surface area (Å²) >= 11 is 7.18. The fourth-order valence-corrected chi connectivity index (χ4v) is 2.93. The molecule has 0 aliphatic carbocycles. The molecule has 1 N–H and O–H groups in total. The van der Waals surface area contributed by atoms with Crippen LogP contribution in [-0.4, -0.2) is 21.9 Å². The van der Waals surface area contributed by atoms with Gasteiger partial charge < -0.3 is 5.32 Å². The van der Waals surface area contributed by atoms with Crippen LogP contribution in [0.3, 0.4) is 0 Å². The van der Waals surface area contributed by atoms with E-state index in [0.29, 0.717) is 16.6 Å². The van der Waals surface area contributed by atoms with E-state index in [-0.39, 0.29) is 17.5 Å². The second-order valence-electron chi connectivity index (χ2n) is 5.46. The molecule has 0 aliphatic rings. The highest BCUT2D eigenvalue weighted by atomic mass is 35.5. The minimum absolute atomic E-state index is 0.122. The van der Waals surface area contributed by atoms with E-state index in [1.807, 2.05) is 24.3 Å². The number of amides is 1. The number of carbonyl (C=O) groups is 1. The predicted octanol–water partition coefficient (Wildman–Crippen LogP) is 4.34. The zero-order chi connectivity index (χ0) is 18.4. The molecule has 26 heavy (non-hydrogen) atoms. The van der Waals surface area contributed by atoms with Crippen molar-refractivity contribution < 1.29 is 9.18 Å². The second-order valence-corrected chi connectivity index (χ2v) is 6.89. The van der Waals surface area contributed by atoms with E-state index in [4.69, 9.17) is 11.6 Å². The average molecular weight is 388 g/mol. The van der Waals surface area contributed by atoms with Crippen molar-refractivity contribution in [3.05, 3.63) is 77.1 Å². The van der Waals surface area contributed by atoms with Gasteiger partial charge in [0.25, 0.3) is 0 Å². The number of benzene rings is 2. The summed E-state index contributed by atoms with van der Waals surface area (Å²) < 4.78 is 12.8. The molecule has 3 aromatic rings. The third kappa shape index (κ3) is 5.28. The van der Waals surface area contributed by atoms with Gasteiger partial charge in [-0.15, -0.1) is 10.2 Å². The monoisotopic (exact) mass is 387 g/mol. The maximum absolute atomic E-state index is 12.8. The highest BCUT2D eigenvalue weighted by Gasteiger charge is 2.06. The van der Waals surface area contributed by atoms with Crippen LogP contribution in [0, 0.1) is 5.82 Å². The molecular formula is C19H15ClFN3OS. The average Bonchev–Trinajstić information content (AvgIpc) is 2.67. The molecule has 0 fully saturated rings. The summed E-state index contributed by atoms with van der Waals surface area (Å²) in [4.78, 5) is 11.9. The SMILES string of the molecule is O=C(CSc1ccc(-c2ccc(Cl)cc2)nn1)NCc1ccc(F)cc1. The van der Waals surface area contributed by atoms with Crippen molar-refractivity contribution in [2.45, 2.75) is 11.6 Å². The standard InChI is InChI=1S/C19H15ClFN3OS/c20-15-5-3-14(4-6-15)17-9-10-19(24-23-17)26-12-18(25)22-11-13-1-7-16(21)8-2-13/h1-10H,11-12H2,(H,22,25). The molecule has 0 atom stereocenters. The lowest BCUT2D eigenvalue weighted by Crippen LogP contribution is -2.24. The zero-order valence-corrected chi connectivity index (χ0v) is 15.2. The van der Waals surface area contributed by atoms with Gasteiger partial charge in [0.05, 0.1) is 11.4 Å². The lowest BCUT2D eigenvalue weighted by Gasteiger charge is -2.05. The first-order valence-electron chi connectivity index (χ1n) is 7.84. The normalized spacial score (nSPS) is 10.5. The van der Waals surface area contributed by atoms with Gasteiger partial charge in [-0.2, -0.15) is 0 Å². The zero-order valence-electron chi connectivity index (χ0n) is 13.7. The van der Waals surface area contributed by atoms with E-state index >= 15 is 0 Å². The van der Waals surface area contributed by atoms with Gasteiger partial charge in [0.1, 0.15) is 10.8 Å². The van der Waals surface area contributed by atoms with Crippen LogP contribution < -0.4 is 5.32 Å². The topological polar surface area (TPSA) is 54.9 Å². The Bertz CT molecular complexity index is 871. The summed E-state index contributed by atoms with van der Waals surface area (Å²) in [5.41, 5.74) is 2.51. The Morgan fingerprint density at radius 3 is 2.38 bits per heavy atom. The summed E-state index contributed by atoms with van der Waals surface area (Å²) in [6, 6.07) is 17.1. The van der Waals surface area contributed by atoms with Crippen molar-refractivity contribution in [1.82, 2.24) is 15.5 Å². The molecule has 3 rings (SSSR count). The molecule has 0 saturated heterocycles. The van der Waals surface area contributed by atoms with Crippen molar-refractivity contribution in [3.63, 3.8) is 0 Å². The van der Waals surface area contributed by atoms with Crippen LogP contribution in [-0.2, 0) is 11.3 Å². The Morgan fingerprint density at radius 2 is 1.73 bits per heavy atom. The third-order valence-electron chi connectivity index (χ3n) is 3.53. The Labute approximate surface area is 159 Å². The number of aromatic nitrogens is 2. The molecular weight excluding hydrogens is 373 g/mol. The summed E-state index contributed by atoms with van der Waals surface area (Å²) in [6.07, 6.45) is 0. The smallest absolute Gasteiger partial charge is 0.230 e. The van der Waals surface area contributed by atoms with Crippen LogP contribution in [0.25, 0.3) is 11.3 Å². The summed E-state index contributed by atoms with van der Waals surface area (Å²) in [5.74, 6) is -0.185. The fourth-order valence-electron chi connectivity index (χ4n) is 2.17. The largest absolute Gasteiger partial charge is 0.351 e. The van der Waals surface area contributed by atoms with E-state index in [1.165, 1.54) is 23.9 Å². The van der Waals surface area contributed by atoms with Crippen LogP contribution in [0.15, 0.2) is 65.7 Å². The molecule has 1 heterocycles. The molecule has 0 aliphatic heterocycles. The van der Waals surface area contributed by atoms with Gasteiger partial charge in [0.15, 0.2) is 0 Å². The molecule has 1 aromatic heterocycles. The van der Waals surface area contributed by atoms with Gasteiger partial charge in [-0.05, 0) is 42.0 Å². The van der Waals surface area contributed by atoms with Crippen molar-refractivity contribution in [2.24, 2.45) is 0 Å². The third-order valence-corrected chi connectivity index (χ3v) is 4.71. The minimum Gasteiger partial charge on any atom is -0.351 e. The molecule has 0 spiro atoms. The minimum atomic E-state index is -0.295. The number of hydrogen-bond acceptors (Lipinski definition) is 4. The number of carbonyl (C=O) groups excluding carboxylic acids is 1. The lowest BCUT2D eigenvalue weighted by molar-refractivity contribution is -0.118. The van der Waals surface area contributed by atoms with Gasteiger partial charge in [-0.3, -0.25) is 4.79 Å². The van der Waals surface area contributed by atoms with Crippen molar-refractivity contribution in [1.29, 1.82) is 0 Å². The van der Waals surface area contributed by atoms with Gasteiger partial charge in [0.2, 0.25) is 5.91 Å². The van der Waals surface area contributed by atoms with Crippen molar-refractivity contribution in [2.75, 3.05) is 5.75 Å². The van der Waals surface area contributed by atoms with Crippen LogP contribution in [0.4, 0.5) is 4.39 Å². The number of nitrogens with one attached hydrogen (secondary N) is 1. The van der Waals surface area contributed by atoms with E-state index in [1.54, 1.807) is 24.3 Å². The van der Waals surface area contributed by atoms with E-state index in [9.17, 15) is 9.18 Å². The van der Waals surface area contributed by atoms with E-state index in [2.05, 4.69) is 15.5 Å². The fraction of sp³-hybridized carbons (Fsp3) is 0.105. The first-order valence-corrected chi connectivity index (χ1v) is 9.20. The van der Waals surface area contributed by atoms with Gasteiger partial charge in [-0.25, -0.2) is 4.39 Å². The maximum atomic E-state index is 12.8. The van der Waals surface area contributed by atoms with Crippen LogP contribution >= 0.6 is 23.4 Å². The summed E-state index contributed by atoms with van der Waals surface area (Å²) in [7, 11) is 0. The molecule has 1 amide bonds. The second kappa shape index (κ2) is 8.78. The molecule has 0 saturated carbocycles. The number of halogens is 2. The Balaban J connectivity index is 1.49. The maximum Gasteiger partial charge on any atom is 0.230 e. The van der Waals surface area contributed by atoms with Crippen molar-refractivity contribution in [3.8, 4) is 11.3 Å². The summed E-state index contributed by atoms with van der Waals surface area (Å²) in [6.45, 7) is 0.362. The molecule has 0 unspecified atom stereocenters. The van der Waals surface area contributed by atoms with Crippen LogP contribution in [0.1, 0.15) is 5.56 Å². The highest BCUT2D eigenvalue weighted by Crippen LogP contribution is 2.21. The highest BCUT2D eigenvalue weighted by molar-refractivity contribution is 7.99. The van der Waals surface area contributed by atoms with Gasteiger partial charge in [0, 0.05) is 17.1 Å². The number of nitrogens with zero attached hydrogens (tertiary/aromatic N) is 2. The Kier molecular flexibility index (Phi) is 6.20. The first-order chi connectivity index (χ1) is 12.6. The van der Waals surface area contributed by atoms with Crippen molar-refractivity contribution >= 4 is 29.3 Å². The molecule has 0 radical (unpaired) electrons. The Hall–Kier alpha value is -2.44. The summed E-state index contributed by atoms with van der Waals surface area (Å²) in [5, 5.41) is 12.4. The number of hydrogen-bond donors (Lipinski definition) is 1. The lowest BCUT2D eigenvalue weighted by atomic mass is 10.1. The van der Waals surface area contributed by atoms with Gasteiger partial charge in [-0.1, -0.05) is 47.6 Å². The molecule has 0 bridgehead atoms. The van der Waals surface area contributed by atoms with Gasteiger partial charge >= 0.3 is 0 Å². The molecule has 2 aromatic carbocycles. The predicted molar refractivity (Wildman–Crippen MR) is 101 cm³/mol. The Morgan fingerprint density at radius 1 is 1.00 bits per heavy atom. The molecule has 132 valence electrons. The van der Waals surface area contributed by atoms with Crippen LogP contribution in [0.5, 0.6) is 0 Å². The number of rotatable bonds is 6. The quantitative estimate of drug-likeness (QED) is 0.639. The van der Waals surface area contributed by atoms with Crippen LogP contribution in [0.2, 0.25) is 5.02 Å². The first kappa shape index (κ1) is 18.4. The van der Waals surface area contributed by atoms with E-state index in [0.717, 1.165) is 16.8 Å². The molecule has 4 nitrogen and oxygen atoms in total. The number of thioether (sulfide) groups is 1.